The minimum absolute atomic E-state index is 0.122. The van der Waals surface area contributed by atoms with Gasteiger partial charge in [0.15, 0.2) is 8.32 Å². The van der Waals surface area contributed by atoms with Crippen molar-refractivity contribution < 1.29 is 4.43 Å². The first-order chi connectivity index (χ1) is 7.58. The monoisotopic (exact) mass is 259 g/mol. The van der Waals surface area contributed by atoms with E-state index in [0.717, 1.165) is 12.8 Å². The van der Waals surface area contributed by atoms with E-state index in [4.69, 9.17) is 15.9 Å². The van der Waals surface area contributed by atoms with Crippen molar-refractivity contribution in [3.05, 3.63) is 0 Å². The average molecular weight is 259 g/mol. The van der Waals surface area contributed by atoms with Gasteiger partial charge in [-0.1, -0.05) is 13.3 Å². The van der Waals surface area contributed by atoms with Gasteiger partial charge < -0.3 is 15.9 Å². The molecule has 1 heterocycles. The highest BCUT2D eigenvalue weighted by Gasteiger charge is 2.44. The van der Waals surface area contributed by atoms with Crippen molar-refractivity contribution in [3.63, 3.8) is 0 Å². The standard InChI is InChI=1S/C12H29N3OSi/c1-6-10(15-12(3,13)14)11(2)8-7-9-17(4,5)16-11/h10,15H,6-9,13-14H2,1-5H3. The molecule has 1 aliphatic heterocycles. The SMILES string of the molecule is CCC(NC(C)(N)N)C1(C)CCC[Si](C)(C)O1. The summed E-state index contributed by atoms with van der Waals surface area (Å²) >= 11 is 0. The van der Waals surface area contributed by atoms with Crippen LogP contribution in [0.5, 0.6) is 0 Å². The molecule has 1 rings (SSSR count). The van der Waals surface area contributed by atoms with Crippen LogP contribution in [0, 0.1) is 0 Å². The summed E-state index contributed by atoms with van der Waals surface area (Å²) in [5, 5.41) is 3.31. The van der Waals surface area contributed by atoms with Crippen LogP contribution in [-0.4, -0.2) is 25.7 Å². The van der Waals surface area contributed by atoms with E-state index in [1.807, 2.05) is 0 Å². The molecular formula is C12H29N3OSi. The molecule has 1 saturated heterocycles. The Balaban J connectivity index is 2.79. The van der Waals surface area contributed by atoms with Crippen LogP contribution in [0.2, 0.25) is 19.1 Å². The van der Waals surface area contributed by atoms with Gasteiger partial charge in [0.25, 0.3) is 0 Å². The molecule has 2 atom stereocenters. The van der Waals surface area contributed by atoms with Crippen molar-refractivity contribution in [2.45, 2.75) is 76.6 Å². The second kappa shape index (κ2) is 4.97. The third kappa shape index (κ3) is 4.33. The van der Waals surface area contributed by atoms with Gasteiger partial charge in [-0.15, -0.1) is 0 Å². The van der Waals surface area contributed by atoms with Crippen LogP contribution in [0.25, 0.3) is 0 Å². The summed E-state index contributed by atoms with van der Waals surface area (Å²) in [5.41, 5.74) is 11.6. The lowest BCUT2D eigenvalue weighted by atomic mass is 9.89. The highest BCUT2D eigenvalue weighted by Crippen LogP contribution is 2.36. The lowest BCUT2D eigenvalue weighted by Crippen LogP contribution is -2.68. The Morgan fingerprint density at radius 3 is 2.47 bits per heavy atom. The molecule has 5 heteroatoms. The predicted octanol–water partition coefficient (Wildman–Crippen LogP) is 1.72. The van der Waals surface area contributed by atoms with Gasteiger partial charge in [0.1, 0.15) is 5.79 Å². The number of hydrogen-bond acceptors (Lipinski definition) is 4. The normalized spacial score (nSPS) is 31.2. The minimum atomic E-state index is -1.50. The highest BCUT2D eigenvalue weighted by molar-refractivity contribution is 6.71. The molecule has 0 aromatic carbocycles. The lowest BCUT2D eigenvalue weighted by Gasteiger charge is -2.48. The number of hydrogen-bond donors (Lipinski definition) is 3. The Bertz CT molecular complexity index is 265. The number of rotatable bonds is 4. The third-order valence-electron chi connectivity index (χ3n) is 3.59. The molecule has 0 saturated carbocycles. The van der Waals surface area contributed by atoms with E-state index in [0.29, 0.717) is 0 Å². The topological polar surface area (TPSA) is 73.3 Å². The maximum absolute atomic E-state index is 6.43. The van der Waals surface area contributed by atoms with Crippen LogP contribution < -0.4 is 16.8 Å². The molecule has 0 aromatic heterocycles. The Kier molecular flexibility index (Phi) is 4.42. The summed E-state index contributed by atoms with van der Waals surface area (Å²) in [7, 11) is -1.50. The van der Waals surface area contributed by atoms with Gasteiger partial charge in [-0.3, -0.25) is 5.32 Å². The summed E-state index contributed by atoms with van der Waals surface area (Å²) < 4.78 is 6.43. The van der Waals surface area contributed by atoms with Gasteiger partial charge in [0.2, 0.25) is 0 Å². The zero-order chi connectivity index (χ0) is 13.3. The van der Waals surface area contributed by atoms with Crippen LogP contribution in [0.15, 0.2) is 0 Å². The second-order valence-electron chi connectivity index (χ2n) is 6.42. The highest BCUT2D eigenvalue weighted by atomic mass is 28.4. The van der Waals surface area contributed by atoms with Gasteiger partial charge in [-0.05, 0) is 45.8 Å². The molecule has 0 bridgehead atoms. The summed E-state index contributed by atoms with van der Waals surface area (Å²) in [4.78, 5) is 0. The molecule has 0 radical (unpaired) electrons. The predicted molar refractivity (Wildman–Crippen MR) is 75.0 cm³/mol. The van der Waals surface area contributed by atoms with Crippen molar-refractivity contribution in [1.29, 1.82) is 0 Å². The summed E-state index contributed by atoms with van der Waals surface area (Å²) in [5.74, 6) is -0.837. The number of nitrogens with two attached hydrogens (primary N) is 2. The molecule has 0 spiro atoms. The second-order valence-corrected chi connectivity index (χ2v) is 10.6. The average Bonchev–Trinajstić information content (AvgIpc) is 2.10. The molecule has 0 amide bonds. The van der Waals surface area contributed by atoms with Gasteiger partial charge >= 0.3 is 0 Å². The van der Waals surface area contributed by atoms with Crippen LogP contribution in [0.3, 0.4) is 0 Å². The Hall–Kier alpha value is 0.0569. The smallest absolute Gasteiger partial charge is 0.187 e. The van der Waals surface area contributed by atoms with Crippen molar-refractivity contribution in [1.82, 2.24) is 5.32 Å². The van der Waals surface area contributed by atoms with E-state index in [1.165, 1.54) is 12.5 Å². The molecule has 4 nitrogen and oxygen atoms in total. The van der Waals surface area contributed by atoms with Crippen LogP contribution in [0.1, 0.15) is 40.0 Å². The summed E-state index contributed by atoms with van der Waals surface area (Å²) in [6.07, 6.45) is 3.32. The quantitative estimate of drug-likeness (QED) is 0.531. The van der Waals surface area contributed by atoms with Gasteiger partial charge in [0, 0.05) is 6.04 Å². The lowest BCUT2D eigenvalue weighted by molar-refractivity contribution is 0.00307. The Morgan fingerprint density at radius 2 is 2.06 bits per heavy atom. The molecule has 17 heavy (non-hydrogen) atoms. The van der Waals surface area contributed by atoms with Gasteiger partial charge in [0.05, 0.1) is 5.60 Å². The first-order valence-corrected chi connectivity index (χ1v) is 9.75. The van der Waals surface area contributed by atoms with Crippen LogP contribution >= 0.6 is 0 Å². The van der Waals surface area contributed by atoms with Gasteiger partial charge in [-0.2, -0.15) is 0 Å². The largest absolute Gasteiger partial charge is 0.411 e. The van der Waals surface area contributed by atoms with E-state index in [1.54, 1.807) is 6.92 Å². The summed E-state index contributed by atoms with van der Waals surface area (Å²) in [6.45, 7) is 10.7. The first-order valence-electron chi connectivity index (χ1n) is 6.64. The fourth-order valence-corrected chi connectivity index (χ4v) is 5.54. The first kappa shape index (κ1) is 15.1. The van der Waals surface area contributed by atoms with Crippen molar-refractivity contribution >= 4 is 8.32 Å². The molecular weight excluding hydrogens is 230 g/mol. The zero-order valence-electron chi connectivity index (χ0n) is 12.0. The van der Waals surface area contributed by atoms with Crippen LogP contribution in [0.4, 0.5) is 0 Å². The Morgan fingerprint density at radius 1 is 1.47 bits per heavy atom. The molecule has 0 aromatic rings. The molecule has 1 aliphatic rings. The van der Waals surface area contributed by atoms with E-state index < -0.39 is 14.1 Å². The summed E-state index contributed by atoms with van der Waals surface area (Å²) in [6, 6.07) is 1.47. The van der Waals surface area contributed by atoms with Crippen molar-refractivity contribution in [3.8, 4) is 0 Å². The van der Waals surface area contributed by atoms with E-state index in [9.17, 15) is 0 Å². The fourth-order valence-electron chi connectivity index (χ4n) is 2.91. The molecule has 1 fully saturated rings. The van der Waals surface area contributed by atoms with Crippen LogP contribution in [-0.2, 0) is 4.43 Å². The third-order valence-corrected chi connectivity index (χ3v) is 6.17. The minimum Gasteiger partial charge on any atom is -0.411 e. The maximum atomic E-state index is 6.43. The molecule has 0 aliphatic carbocycles. The fraction of sp³-hybridized carbons (Fsp3) is 1.00. The van der Waals surface area contributed by atoms with E-state index in [2.05, 4.69) is 32.3 Å². The van der Waals surface area contributed by atoms with Crippen molar-refractivity contribution in [2.24, 2.45) is 11.5 Å². The van der Waals surface area contributed by atoms with Gasteiger partial charge in [-0.25, -0.2) is 0 Å². The number of nitrogens with one attached hydrogen (secondary N) is 1. The maximum Gasteiger partial charge on any atom is 0.187 e. The molecule has 5 N–H and O–H groups in total. The molecule has 2 unspecified atom stereocenters. The van der Waals surface area contributed by atoms with Crippen molar-refractivity contribution in [2.75, 3.05) is 0 Å². The van der Waals surface area contributed by atoms with E-state index in [-0.39, 0.29) is 11.6 Å². The van der Waals surface area contributed by atoms with E-state index >= 15 is 0 Å². The Labute approximate surface area is 107 Å². The molecule has 102 valence electrons. The zero-order valence-corrected chi connectivity index (χ0v) is 13.0.